The summed E-state index contributed by atoms with van der Waals surface area (Å²) >= 11 is 9.37. The lowest BCUT2D eigenvalue weighted by molar-refractivity contribution is -0.142. The molecule has 0 aliphatic rings. The van der Waals surface area contributed by atoms with Crippen LogP contribution in [0.5, 0.6) is 5.75 Å². The predicted molar refractivity (Wildman–Crippen MR) is 129 cm³/mol. The van der Waals surface area contributed by atoms with Gasteiger partial charge in [0.2, 0.25) is 5.91 Å². The molecular weight excluding hydrogens is 480 g/mol. The van der Waals surface area contributed by atoms with Crippen molar-refractivity contribution in [2.45, 2.75) is 45.6 Å². The van der Waals surface area contributed by atoms with Crippen molar-refractivity contribution in [3.05, 3.63) is 63.6 Å². The molecule has 0 fully saturated rings. The minimum absolute atomic E-state index is 0.120. The first-order valence-electron chi connectivity index (χ1n) is 10.6. The van der Waals surface area contributed by atoms with Crippen molar-refractivity contribution in [3.8, 4) is 5.75 Å². The molecule has 7 heteroatoms. The molecule has 0 aliphatic carbocycles. The first-order chi connectivity index (χ1) is 15.0. The molecule has 31 heavy (non-hydrogen) atoms. The normalized spacial score (nSPS) is 11.6. The number of carbonyl (C=O) groups is 2. The maximum absolute atomic E-state index is 13.1. The molecule has 1 atom stereocenters. The number of hydrogen-bond acceptors (Lipinski definition) is 3. The molecule has 0 aliphatic heterocycles. The van der Waals surface area contributed by atoms with Crippen molar-refractivity contribution in [3.63, 3.8) is 0 Å². The van der Waals surface area contributed by atoms with Gasteiger partial charge in [0.15, 0.2) is 6.61 Å². The van der Waals surface area contributed by atoms with Crippen LogP contribution in [0.25, 0.3) is 0 Å². The van der Waals surface area contributed by atoms with Gasteiger partial charge in [-0.3, -0.25) is 9.59 Å². The molecule has 2 aromatic carbocycles. The van der Waals surface area contributed by atoms with Gasteiger partial charge in [0.05, 0.1) is 4.47 Å². The second-order valence-corrected chi connectivity index (χ2v) is 8.55. The van der Waals surface area contributed by atoms with Gasteiger partial charge < -0.3 is 15.0 Å². The number of nitrogens with zero attached hydrogens (tertiary/aromatic N) is 1. The van der Waals surface area contributed by atoms with E-state index in [0.29, 0.717) is 41.2 Å². The molecule has 5 nitrogen and oxygen atoms in total. The van der Waals surface area contributed by atoms with Crippen LogP contribution < -0.4 is 10.1 Å². The molecular formula is C24H30BrClN2O3. The van der Waals surface area contributed by atoms with Crippen LogP contribution in [-0.2, 0) is 16.0 Å². The average molecular weight is 510 g/mol. The van der Waals surface area contributed by atoms with Crippen molar-refractivity contribution >= 4 is 39.3 Å². The van der Waals surface area contributed by atoms with Gasteiger partial charge in [0, 0.05) is 18.1 Å². The zero-order valence-electron chi connectivity index (χ0n) is 18.1. The van der Waals surface area contributed by atoms with Gasteiger partial charge in [0.1, 0.15) is 11.8 Å². The Hall–Kier alpha value is -2.05. The highest BCUT2D eigenvalue weighted by Gasteiger charge is 2.28. The van der Waals surface area contributed by atoms with Gasteiger partial charge in [-0.05, 0) is 59.0 Å². The zero-order chi connectivity index (χ0) is 22.6. The highest BCUT2D eigenvalue weighted by Crippen LogP contribution is 2.28. The van der Waals surface area contributed by atoms with Crippen molar-refractivity contribution in [2.75, 3.05) is 19.7 Å². The summed E-state index contributed by atoms with van der Waals surface area (Å²) in [5.41, 5.74) is 1.11. The summed E-state index contributed by atoms with van der Waals surface area (Å²) in [6.45, 7) is 4.89. The van der Waals surface area contributed by atoms with Crippen molar-refractivity contribution in [1.29, 1.82) is 0 Å². The SMILES string of the molecule is CCCCNC(=O)[C@H](CC)N(CCc1ccccc1)C(=O)COc1ccc(Cl)cc1Br. The van der Waals surface area contributed by atoms with Crippen LogP contribution in [0.2, 0.25) is 5.02 Å². The fraction of sp³-hybridized carbons (Fsp3) is 0.417. The molecule has 1 N–H and O–H groups in total. The number of nitrogens with one attached hydrogen (secondary N) is 1. The minimum Gasteiger partial charge on any atom is -0.483 e. The van der Waals surface area contributed by atoms with Gasteiger partial charge in [-0.1, -0.05) is 62.2 Å². The molecule has 0 heterocycles. The van der Waals surface area contributed by atoms with Gasteiger partial charge >= 0.3 is 0 Å². The first-order valence-corrected chi connectivity index (χ1v) is 11.8. The van der Waals surface area contributed by atoms with Crippen molar-refractivity contribution in [2.24, 2.45) is 0 Å². The fourth-order valence-corrected chi connectivity index (χ4v) is 4.01. The number of ether oxygens (including phenoxy) is 1. The van der Waals surface area contributed by atoms with Crippen LogP contribution in [0.3, 0.4) is 0 Å². The van der Waals surface area contributed by atoms with E-state index in [9.17, 15) is 9.59 Å². The number of amides is 2. The number of halogens is 2. The Kier molecular flexibility index (Phi) is 10.9. The molecule has 0 unspecified atom stereocenters. The number of carbonyl (C=O) groups excluding carboxylic acids is 2. The number of hydrogen-bond donors (Lipinski definition) is 1. The van der Waals surface area contributed by atoms with E-state index < -0.39 is 6.04 Å². The second kappa shape index (κ2) is 13.4. The van der Waals surface area contributed by atoms with Crippen molar-refractivity contribution < 1.29 is 14.3 Å². The molecule has 0 bridgehead atoms. The van der Waals surface area contributed by atoms with Crippen LogP contribution in [-0.4, -0.2) is 42.5 Å². The van der Waals surface area contributed by atoms with E-state index in [2.05, 4.69) is 28.2 Å². The van der Waals surface area contributed by atoms with Crippen LogP contribution in [0.1, 0.15) is 38.7 Å². The van der Waals surface area contributed by atoms with E-state index in [4.69, 9.17) is 16.3 Å². The maximum atomic E-state index is 13.1. The smallest absolute Gasteiger partial charge is 0.261 e. The topological polar surface area (TPSA) is 58.6 Å². The Morgan fingerprint density at radius 2 is 1.90 bits per heavy atom. The third kappa shape index (κ3) is 8.19. The Balaban J connectivity index is 2.11. The molecule has 168 valence electrons. The van der Waals surface area contributed by atoms with Crippen LogP contribution >= 0.6 is 27.5 Å². The zero-order valence-corrected chi connectivity index (χ0v) is 20.4. The predicted octanol–water partition coefficient (Wildman–Crippen LogP) is 5.25. The lowest BCUT2D eigenvalue weighted by atomic mass is 10.1. The van der Waals surface area contributed by atoms with Crippen LogP contribution in [0.4, 0.5) is 0 Å². The summed E-state index contributed by atoms with van der Waals surface area (Å²) < 4.78 is 6.41. The van der Waals surface area contributed by atoms with E-state index >= 15 is 0 Å². The van der Waals surface area contributed by atoms with E-state index in [1.54, 1.807) is 23.1 Å². The standard InChI is InChI=1S/C24H30BrClN2O3/c1-3-5-14-27-24(30)21(4-2)28(15-13-18-9-7-6-8-10-18)23(29)17-31-22-12-11-19(26)16-20(22)25/h6-12,16,21H,3-5,13-15,17H2,1-2H3,(H,27,30)/t21-/m0/s1. The van der Waals surface area contributed by atoms with Crippen LogP contribution in [0.15, 0.2) is 53.0 Å². The molecule has 0 saturated carbocycles. The average Bonchev–Trinajstić information content (AvgIpc) is 2.76. The van der Waals surface area contributed by atoms with Crippen LogP contribution in [0, 0.1) is 0 Å². The highest BCUT2D eigenvalue weighted by molar-refractivity contribution is 9.10. The molecule has 0 spiro atoms. The van der Waals surface area contributed by atoms with Gasteiger partial charge in [-0.15, -0.1) is 0 Å². The Morgan fingerprint density at radius 3 is 2.55 bits per heavy atom. The first kappa shape index (κ1) is 25.2. The fourth-order valence-electron chi connectivity index (χ4n) is 3.22. The molecule has 2 aromatic rings. The highest BCUT2D eigenvalue weighted by atomic mass is 79.9. The molecule has 2 amide bonds. The minimum atomic E-state index is -0.537. The van der Waals surface area contributed by atoms with Gasteiger partial charge in [0.25, 0.3) is 5.91 Å². The largest absolute Gasteiger partial charge is 0.483 e. The summed E-state index contributed by atoms with van der Waals surface area (Å²) in [5.74, 6) is 0.182. The Morgan fingerprint density at radius 1 is 1.16 bits per heavy atom. The van der Waals surface area contributed by atoms with E-state index in [1.807, 2.05) is 37.3 Å². The van der Waals surface area contributed by atoms with Gasteiger partial charge in [-0.2, -0.15) is 0 Å². The Labute approximate surface area is 198 Å². The summed E-state index contributed by atoms with van der Waals surface area (Å²) in [6, 6.07) is 14.5. The molecule has 0 radical (unpaired) electrons. The van der Waals surface area contributed by atoms with E-state index in [0.717, 1.165) is 18.4 Å². The third-order valence-electron chi connectivity index (χ3n) is 4.94. The van der Waals surface area contributed by atoms with E-state index in [-0.39, 0.29) is 18.4 Å². The summed E-state index contributed by atoms with van der Waals surface area (Å²) in [7, 11) is 0. The molecule has 2 rings (SSSR count). The molecule has 0 aromatic heterocycles. The van der Waals surface area contributed by atoms with Gasteiger partial charge in [-0.25, -0.2) is 0 Å². The van der Waals surface area contributed by atoms with E-state index in [1.165, 1.54) is 0 Å². The Bertz CT molecular complexity index is 848. The number of unbranched alkanes of at least 4 members (excludes halogenated alkanes) is 1. The monoisotopic (exact) mass is 508 g/mol. The number of benzene rings is 2. The second-order valence-electron chi connectivity index (χ2n) is 7.25. The third-order valence-corrected chi connectivity index (χ3v) is 5.80. The lowest BCUT2D eigenvalue weighted by Crippen LogP contribution is -2.51. The molecule has 0 saturated heterocycles. The quantitative estimate of drug-likeness (QED) is 0.398. The lowest BCUT2D eigenvalue weighted by Gasteiger charge is -2.30. The summed E-state index contributed by atoms with van der Waals surface area (Å²) in [6.07, 6.45) is 3.10. The summed E-state index contributed by atoms with van der Waals surface area (Å²) in [4.78, 5) is 27.6. The van der Waals surface area contributed by atoms with Crippen molar-refractivity contribution in [1.82, 2.24) is 10.2 Å². The maximum Gasteiger partial charge on any atom is 0.261 e. The number of rotatable bonds is 12. The summed E-state index contributed by atoms with van der Waals surface area (Å²) in [5, 5.41) is 3.54.